The molecule has 0 spiro atoms. The predicted octanol–water partition coefficient (Wildman–Crippen LogP) is 1.09. The molecule has 0 aromatic heterocycles. The number of nitrogen functional groups attached to an aromatic ring is 1. The fourth-order valence-corrected chi connectivity index (χ4v) is 2.65. The van der Waals surface area contributed by atoms with E-state index in [0.29, 0.717) is 0 Å². The van der Waals surface area contributed by atoms with Gasteiger partial charge < -0.3 is 10.5 Å². The second-order valence-electron chi connectivity index (χ2n) is 3.59. The molecule has 8 heteroatoms. The van der Waals surface area contributed by atoms with E-state index in [1.807, 2.05) is 0 Å². The average molecular weight is 305 g/mol. The molecule has 0 radical (unpaired) electrons. The van der Waals surface area contributed by atoms with Gasteiger partial charge in [0.15, 0.2) is 0 Å². The third-order valence-corrected chi connectivity index (χ3v) is 3.75. The summed E-state index contributed by atoms with van der Waals surface area (Å²) in [6, 6.07) is 3.83. The minimum atomic E-state index is -3.91. The molecule has 3 N–H and O–H groups in total. The number of methoxy groups -OCH3 is 1. The third-order valence-electron chi connectivity index (χ3n) is 2.15. The van der Waals surface area contributed by atoms with Gasteiger partial charge in [-0.3, -0.25) is 0 Å². The Labute approximate surface area is 116 Å². The predicted molar refractivity (Wildman–Crippen MR) is 72.4 cm³/mol. The lowest BCUT2D eigenvalue weighted by molar-refractivity contribution is 0.0596. The van der Waals surface area contributed by atoms with Gasteiger partial charge in [0.05, 0.1) is 17.6 Å². The zero-order valence-corrected chi connectivity index (χ0v) is 11.7. The summed E-state index contributed by atoms with van der Waals surface area (Å²) in [6.07, 6.45) is 0. The first-order valence-corrected chi connectivity index (χ1v) is 6.95. The van der Waals surface area contributed by atoms with Crippen molar-refractivity contribution in [2.24, 2.45) is 0 Å². The molecule has 0 atom stereocenters. The molecule has 0 fully saturated rings. The first-order chi connectivity index (χ1) is 8.77. The van der Waals surface area contributed by atoms with Gasteiger partial charge in [0.1, 0.15) is 0 Å². The van der Waals surface area contributed by atoms with Crippen LogP contribution in [0, 0.1) is 0 Å². The minimum Gasteiger partial charge on any atom is -0.465 e. The van der Waals surface area contributed by atoms with Crippen LogP contribution < -0.4 is 10.5 Å². The highest BCUT2D eigenvalue weighted by molar-refractivity contribution is 7.89. The van der Waals surface area contributed by atoms with Crippen LogP contribution in [-0.2, 0) is 14.8 Å². The van der Waals surface area contributed by atoms with E-state index in [-0.39, 0.29) is 27.7 Å². The first kappa shape index (κ1) is 15.5. The Morgan fingerprint density at radius 2 is 2.16 bits per heavy atom. The van der Waals surface area contributed by atoms with Crippen LogP contribution in [0.25, 0.3) is 0 Å². The van der Waals surface area contributed by atoms with Crippen molar-refractivity contribution in [3.63, 3.8) is 0 Å². The van der Waals surface area contributed by atoms with Gasteiger partial charge in [0.2, 0.25) is 10.0 Å². The maximum Gasteiger partial charge on any atom is 0.339 e. The molecule has 0 unspecified atom stereocenters. The van der Waals surface area contributed by atoms with E-state index < -0.39 is 16.0 Å². The summed E-state index contributed by atoms with van der Waals surface area (Å²) in [5.41, 5.74) is 5.63. The number of nitrogens with one attached hydrogen (secondary N) is 1. The van der Waals surface area contributed by atoms with E-state index in [1.54, 1.807) is 0 Å². The number of carbonyl (C=O) groups excluding carboxylic acids is 1. The Morgan fingerprint density at radius 3 is 2.68 bits per heavy atom. The highest BCUT2D eigenvalue weighted by Gasteiger charge is 2.23. The molecule has 0 heterocycles. The smallest absolute Gasteiger partial charge is 0.339 e. The van der Waals surface area contributed by atoms with E-state index in [4.69, 9.17) is 17.3 Å². The van der Waals surface area contributed by atoms with Crippen molar-refractivity contribution in [1.82, 2.24) is 4.72 Å². The van der Waals surface area contributed by atoms with Crippen molar-refractivity contribution < 1.29 is 17.9 Å². The lowest BCUT2D eigenvalue weighted by Gasteiger charge is -2.10. The number of benzene rings is 1. The quantitative estimate of drug-likeness (QED) is 0.626. The second kappa shape index (κ2) is 6.05. The third kappa shape index (κ3) is 3.95. The summed E-state index contributed by atoms with van der Waals surface area (Å²) < 4.78 is 30.8. The summed E-state index contributed by atoms with van der Waals surface area (Å²) in [6.45, 7) is 3.22. The maximum atomic E-state index is 12.0. The average Bonchev–Trinajstić information content (AvgIpc) is 2.35. The number of halogens is 1. The molecule has 6 nitrogen and oxygen atoms in total. The maximum absolute atomic E-state index is 12.0. The number of carbonyl (C=O) groups is 1. The van der Waals surface area contributed by atoms with Crippen LogP contribution in [-0.4, -0.2) is 28.0 Å². The summed E-state index contributed by atoms with van der Waals surface area (Å²) in [7, 11) is -2.76. The molecule has 19 heavy (non-hydrogen) atoms. The monoisotopic (exact) mass is 304 g/mol. The number of anilines is 1. The van der Waals surface area contributed by atoms with Crippen LogP contribution in [0.5, 0.6) is 0 Å². The van der Waals surface area contributed by atoms with Gasteiger partial charge >= 0.3 is 5.97 Å². The number of rotatable bonds is 5. The van der Waals surface area contributed by atoms with E-state index in [0.717, 1.165) is 7.11 Å². The van der Waals surface area contributed by atoms with Gasteiger partial charge in [-0.05, 0) is 18.2 Å². The number of hydrogen-bond acceptors (Lipinski definition) is 5. The van der Waals surface area contributed by atoms with Crippen LogP contribution in [0.4, 0.5) is 5.69 Å². The number of hydrogen-bond donors (Lipinski definition) is 2. The molecule has 0 saturated carbocycles. The number of ether oxygens (including phenoxy) is 1. The van der Waals surface area contributed by atoms with Crippen LogP contribution in [0.3, 0.4) is 0 Å². The van der Waals surface area contributed by atoms with Crippen molar-refractivity contribution in [2.75, 3.05) is 19.4 Å². The molecular weight excluding hydrogens is 292 g/mol. The zero-order valence-electron chi connectivity index (χ0n) is 10.1. The van der Waals surface area contributed by atoms with Gasteiger partial charge in [-0.25, -0.2) is 17.9 Å². The molecule has 0 bridgehead atoms. The second-order valence-corrected chi connectivity index (χ2v) is 5.86. The molecule has 1 aromatic carbocycles. The van der Waals surface area contributed by atoms with Crippen LogP contribution in [0.2, 0.25) is 0 Å². The first-order valence-electron chi connectivity index (χ1n) is 5.08. The molecule has 0 amide bonds. The summed E-state index contributed by atoms with van der Waals surface area (Å²) in [5, 5.41) is 0.124. The fraction of sp³-hybridized carbons (Fsp3) is 0.182. The van der Waals surface area contributed by atoms with Gasteiger partial charge in [-0.2, -0.15) is 0 Å². The summed E-state index contributed by atoms with van der Waals surface area (Å²) in [4.78, 5) is 11.3. The standard InChI is InChI=1S/C11H13ClN2O4S/c1-7(12)6-14-19(16,17)10-4-3-8(13)5-9(10)11(15)18-2/h3-5,14H,1,6,13H2,2H3. The lowest BCUT2D eigenvalue weighted by atomic mass is 10.2. The summed E-state index contributed by atoms with van der Waals surface area (Å²) >= 11 is 5.49. The van der Waals surface area contributed by atoms with Crippen molar-refractivity contribution in [1.29, 1.82) is 0 Å². The number of esters is 1. The number of sulfonamides is 1. The zero-order chi connectivity index (χ0) is 14.6. The molecule has 1 aromatic rings. The van der Waals surface area contributed by atoms with Crippen LogP contribution in [0.15, 0.2) is 34.7 Å². The Balaban J connectivity index is 3.26. The van der Waals surface area contributed by atoms with Gasteiger partial charge in [-0.1, -0.05) is 18.2 Å². The topological polar surface area (TPSA) is 98.5 Å². The van der Waals surface area contributed by atoms with Crippen molar-refractivity contribution in [2.45, 2.75) is 4.90 Å². The normalized spacial score (nSPS) is 11.1. The molecular formula is C11H13ClN2O4S. The van der Waals surface area contributed by atoms with Crippen molar-refractivity contribution in [3.8, 4) is 0 Å². The number of nitrogens with two attached hydrogens (primary N) is 1. The molecule has 0 saturated heterocycles. The van der Waals surface area contributed by atoms with Crippen molar-refractivity contribution in [3.05, 3.63) is 35.4 Å². The van der Waals surface area contributed by atoms with Crippen LogP contribution >= 0.6 is 11.6 Å². The molecule has 0 aliphatic rings. The Kier molecular flexibility index (Phi) is 4.93. The molecule has 1 rings (SSSR count). The van der Waals surface area contributed by atoms with Gasteiger partial charge in [0, 0.05) is 17.3 Å². The minimum absolute atomic E-state index is 0.124. The Bertz CT molecular complexity index is 613. The molecule has 104 valence electrons. The SMILES string of the molecule is C=C(Cl)CNS(=O)(=O)c1ccc(N)cc1C(=O)OC. The highest BCUT2D eigenvalue weighted by atomic mass is 35.5. The Morgan fingerprint density at radius 1 is 1.53 bits per heavy atom. The van der Waals surface area contributed by atoms with E-state index in [2.05, 4.69) is 16.0 Å². The highest BCUT2D eigenvalue weighted by Crippen LogP contribution is 2.20. The van der Waals surface area contributed by atoms with E-state index >= 15 is 0 Å². The van der Waals surface area contributed by atoms with E-state index in [9.17, 15) is 13.2 Å². The largest absolute Gasteiger partial charge is 0.465 e. The molecule has 0 aliphatic heterocycles. The van der Waals surface area contributed by atoms with Crippen LogP contribution in [0.1, 0.15) is 10.4 Å². The molecule has 0 aliphatic carbocycles. The Hall–Kier alpha value is -1.57. The lowest BCUT2D eigenvalue weighted by Crippen LogP contribution is -2.26. The van der Waals surface area contributed by atoms with Crippen molar-refractivity contribution >= 4 is 33.3 Å². The summed E-state index contributed by atoms with van der Waals surface area (Å²) in [5.74, 6) is -0.794. The fourth-order valence-electron chi connectivity index (χ4n) is 1.30. The van der Waals surface area contributed by atoms with E-state index in [1.165, 1.54) is 18.2 Å². The van der Waals surface area contributed by atoms with Gasteiger partial charge in [0.25, 0.3) is 0 Å². The van der Waals surface area contributed by atoms with Gasteiger partial charge in [-0.15, -0.1) is 0 Å².